The Kier molecular flexibility index (Phi) is 1.88. The van der Waals surface area contributed by atoms with Crippen molar-refractivity contribution < 1.29 is 9.32 Å². The molecule has 0 aliphatic heterocycles. The van der Waals surface area contributed by atoms with Gasteiger partial charge in [-0.25, -0.2) is 0 Å². The first-order valence-electron chi connectivity index (χ1n) is 4.00. The Morgan fingerprint density at radius 3 is 2.86 bits per heavy atom. The Morgan fingerprint density at radius 1 is 1.57 bits per heavy atom. The smallest absolute Gasteiger partial charge is 0.243 e. The third-order valence-electron chi connectivity index (χ3n) is 1.70. The number of hydrogen-bond acceptors (Lipinski definition) is 5. The molecule has 2 rings (SSSR count). The summed E-state index contributed by atoms with van der Waals surface area (Å²) in [7, 11) is 1.73. The van der Waals surface area contributed by atoms with Crippen molar-refractivity contribution in [2.24, 2.45) is 7.05 Å². The Balaban J connectivity index is 2.33. The fraction of sp³-hybridized carbons (Fsp3) is 0.250. The molecular formula is C8H8N4O2. The largest absolute Gasteiger partial charge is 0.339 e. The summed E-state index contributed by atoms with van der Waals surface area (Å²) in [6.07, 6.45) is 3.07. The number of carbonyl (C=O) groups excluding carboxylic acids is 1. The maximum atomic E-state index is 11.6. The summed E-state index contributed by atoms with van der Waals surface area (Å²) >= 11 is 0. The van der Waals surface area contributed by atoms with Crippen LogP contribution in [0.3, 0.4) is 0 Å². The number of hydrogen-bond donors (Lipinski definition) is 0. The Morgan fingerprint density at radius 2 is 2.36 bits per heavy atom. The molecule has 0 aromatic carbocycles. The lowest BCUT2D eigenvalue weighted by Gasteiger charge is -1.86. The van der Waals surface area contributed by atoms with Crippen LogP contribution in [0.2, 0.25) is 0 Å². The molecule has 0 N–H and O–H groups in total. The van der Waals surface area contributed by atoms with Gasteiger partial charge in [0.1, 0.15) is 0 Å². The van der Waals surface area contributed by atoms with Gasteiger partial charge >= 0.3 is 0 Å². The van der Waals surface area contributed by atoms with Crippen LogP contribution in [0.4, 0.5) is 0 Å². The zero-order valence-electron chi connectivity index (χ0n) is 7.76. The van der Waals surface area contributed by atoms with E-state index < -0.39 is 0 Å². The van der Waals surface area contributed by atoms with Crippen LogP contribution in [0.15, 0.2) is 16.9 Å². The molecule has 6 nitrogen and oxygen atoms in total. The van der Waals surface area contributed by atoms with Crippen LogP contribution in [-0.2, 0) is 7.05 Å². The second-order valence-electron chi connectivity index (χ2n) is 2.87. The molecule has 0 atom stereocenters. The summed E-state index contributed by atoms with van der Waals surface area (Å²) < 4.78 is 6.25. The van der Waals surface area contributed by atoms with Crippen LogP contribution in [0.5, 0.6) is 0 Å². The lowest BCUT2D eigenvalue weighted by atomic mass is 10.2. The summed E-state index contributed by atoms with van der Waals surface area (Å²) in [5.74, 6) is 0.155. The molecule has 2 aromatic heterocycles. The maximum absolute atomic E-state index is 11.6. The lowest BCUT2D eigenvalue weighted by Crippen LogP contribution is -2.02. The van der Waals surface area contributed by atoms with Gasteiger partial charge in [0, 0.05) is 20.2 Å². The van der Waals surface area contributed by atoms with Gasteiger partial charge in [0.25, 0.3) is 0 Å². The molecule has 0 saturated carbocycles. The summed E-state index contributed by atoms with van der Waals surface area (Å²) in [5, 5.41) is 7.41. The zero-order valence-corrected chi connectivity index (χ0v) is 7.76. The van der Waals surface area contributed by atoms with E-state index in [9.17, 15) is 4.79 Å². The lowest BCUT2D eigenvalue weighted by molar-refractivity contribution is 0.102. The van der Waals surface area contributed by atoms with E-state index in [1.165, 1.54) is 6.20 Å². The molecule has 0 bridgehead atoms. The molecule has 0 spiro atoms. The average Bonchev–Trinajstić information content (AvgIpc) is 2.73. The number of aromatic nitrogens is 4. The predicted octanol–water partition coefficient (Wildman–Crippen LogP) is 0.343. The summed E-state index contributed by atoms with van der Waals surface area (Å²) in [4.78, 5) is 15.5. The first-order valence-corrected chi connectivity index (χ1v) is 4.00. The predicted molar refractivity (Wildman–Crippen MR) is 45.7 cm³/mol. The molecule has 0 saturated heterocycles. The Bertz CT molecular complexity index is 429. The van der Waals surface area contributed by atoms with E-state index >= 15 is 0 Å². The quantitative estimate of drug-likeness (QED) is 0.641. The van der Waals surface area contributed by atoms with Crippen LogP contribution in [0, 0.1) is 6.92 Å². The third kappa shape index (κ3) is 1.41. The van der Waals surface area contributed by atoms with E-state index in [-0.39, 0.29) is 11.6 Å². The van der Waals surface area contributed by atoms with Crippen molar-refractivity contribution in [3.63, 3.8) is 0 Å². The van der Waals surface area contributed by atoms with Gasteiger partial charge in [0.05, 0.1) is 11.8 Å². The van der Waals surface area contributed by atoms with Crippen LogP contribution in [0.1, 0.15) is 22.1 Å². The van der Waals surface area contributed by atoms with Gasteiger partial charge in [-0.2, -0.15) is 10.1 Å². The number of ketones is 1. The van der Waals surface area contributed by atoms with Crippen LogP contribution in [0.25, 0.3) is 0 Å². The minimum Gasteiger partial charge on any atom is -0.339 e. The topological polar surface area (TPSA) is 73.8 Å². The Labute approximate surface area is 79.5 Å². The molecule has 6 heteroatoms. The van der Waals surface area contributed by atoms with Crippen molar-refractivity contribution in [1.82, 2.24) is 19.9 Å². The highest BCUT2D eigenvalue weighted by molar-refractivity contribution is 6.05. The highest BCUT2D eigenvalue weighted by atomic mass is 16.5. The van der Waals surface area contributed by atoms with Crippen molar-refractivity contribution in [2.45, 2.75) is 6.92 Å². The van der Waals surface area contributed by atoms with Gasteiger partial charge in [-0.15, -0.1) is 0 Å². The number of carbonyl (C=O) groups is 1. The highest BCUT2D eigenvalue weighted by Crippen LogP contribution is 2.05. The first kappa shape index (κ1) is 8.61. The Hall–Kier alpha value is -1.98. The first-order chi connectivity index (χ1) is 6.66. The van der Waals surface area contributed by atoms with E-state index in [2.05, 4.69) is 15.2 Å². The fourth-order valence-electron chi connectivity index (χ4n) is 1.06. The molecule has 72 valence electrons. The molecular weight excluding hydrogens is 184 g/mol. The van der Waals surface area contributed by atoms with Crippen molar-refractivity contribution in [1.29, 1.82) is 0 Å². The minimum absolute atomic E-state index is 0.0653. The normalized spacial score (nSPS) is 10.4. The van der Waals surface area contributed by atoms with Crippen molar-refractivity contribution in [3.05, 3.63) is 29.7 Å². The van der Waals surface area contributed by atoms with E-state index in [0.29, 0.717) is 11.5 Å². The van der Waals surface area contributed by atoms with Crippen LogP contribution in [-0.4, -0.2) is 25.7 Å². The van der Waals surface area contributed by atoms with Gasteiger partial charge in [0.2, 0.25) is 17.5 Å². The van der Waals surface area contributed by atoms with Gasteiger partial charge in [-0.3, -0.25) is 9.48 Å². The third-order valence-corrected chi connectivity index (χ3v) is 1.70. The van der Waals surface area contributed by atoms with Crippen molar-refractivity contribution in [3.8, 4) is 0 Å². The standard InChI is InChI=1S/C8H8N4O2/c1-5-10-8(11-14-5)7(13)6-3-9-12(2)4-6/h3-4H,1-2H3. The molecule has 0 amide bonds. The molecule has 2 heterocycles. The van der Waals surface area contributed by atoms with E-state index in [4.69, 9.17) is 4.52 Å². The van der Waals surface area contributed by atoms with E-state index in [1.807, 2.05) is 0 Å². The molecule has 0 radical (unpaired) electrons. The number of rotatable bonds is 2. The number of nitrogens with zero attached hydrogens (tertiary/aromatic N) is 4. The van der Waals surface area contributed by atoms with Gasteiger partial charge in [0.15, 0.2) is 0 Å². The summed E-state index contributed by atoms with van der Waals surface area (Å²) in [6, 6.07) is 0. The van der Waals surface area contributed by atoms with Gasteiger partial charge in [-0.1, -0.05) is 5.16 Å². The molecule has 0 aliphatic rings. The maximum Gasteiger partial charge on any atom is 0.243 e. The van der Waals surface area contributed by atoms with Crippen molar-refractivity contribution >= 4 is 5.78 Å². The second kappa shape index (κ2) is 3.06. The van der Waals surface area contributed by atoms with Gasteiger partial charge in [-0.05, 0) is 0 Å². The fourth-order valence-corrected chi connectivity index (χ4v) is 1.06. The van der Waals surface area contributed by atoms with E-state index in [1.54, 1.807) is 24.9 Å². The highest BCUT2D eigenvalue weighted by Gasteiger charge is 2.16. The second-order valence-corrected chi connectivity index (χ2v) is 2.87. The SMILES string of the molecule is Cc1nc(C(=O)c2cnn(C)c2)no1. The summed E-state index contributed by atoms with van der Waals surface area (Å²) in [6.45, 7) is 1.63. The molecule has 0 aliphatic carbocycles. The van der Waals surface area contributed by atoms with Crippen LogP contribution < -0.4 is 0 Å². The minimum atomic E-state index is -0.282. The van der Waals surface area contributed by atoms with Crippen LogP contribution >= 0.6 is 0 Å². The molecule has 14 heavy (non-hydrogen) atoms. The summed E-state index contributed by atoms with van der Waals surface area (Å²) in [5.41, 5.74) is 0.452. The molecule has 0 fully saturated rings. The van der Waals surface area contributed by atoms with E-state index in [0.717, 1.165) is 0 Å². The number of aryl methyl sites for hydroxylation is 2. The molecule has 0 unspecified atom stereocenters. The average molecular weight is 192 g/mol. The zero-order chi connectivity index (χ0) is 10.1. The van der Waals surface area contributed by atoms with Gasteiger partial charge < -0.3 is 4.52 Å². The van der Waals surface area contributed by atoms with Crippen molar-refractivity contribution in [2.75, 3.05) is 0 Å². The molecule has 2 aromatic rings. The monoisotopic (exact) mass is 192 g/mol.